The molecule has 0 spiro atoms. The van der Waals surface area contributed by atoms with E-state index in [1.54, 1.807) is 7.05 Å². The Balaban J connectivity index is 2.09. The molecule has 0 saturated heterocycles. The topological polar surface area (TPSA) is 67.2 Å². The summed E-state index contributed by atoms with van der Waals surface area (Å²) in [7, 11) is 1.61. The third kappa shape index (κ3) is 2.07. The van der Waals surface area contributed by atoms with Crippen molar-refractivity contribution in [1.82, 2.24) is 5.32 Å². The van der Waals surface area contributed by atoms with Gasteiger partial charge >= 0.3 is 0 Å². The van der Waals surface area contributed by atoms with Crippen LogP contribution in [0.15, 0.2) is 6.07 Å². The van der Waals surface area contributed by atoms with Gasteiger partial charge in [-0.05, 0) is 25.3 Å². The lowest BCUT2D eigenvalue weighted by atomic mass is 9.93. The van der Waals surface area contributed by atoms with Crippen LogP contribution >= 0.6 is 11.3 Å². The van der Waals surface area contributed by atoms with E-state index in [2.05, 4.69) is 10.6 Å². The predicted octanol–water partition coefficient (Wildman–Crippen LogP) is 1.65. The number of carbonyl (C=O) groups is 1. The molecule has 1 aromatic heterocycles. The number of amides is 1. The Hall–Kier alpha value is -1.23. The summed E-state index contributed by atoms with van der Waals surface area (Å²) < 4.78 is 0. The lowest BCUT2D eigenvalue weighted by molar-refractivity contribution is 0.0968. The van der Waals surface area contributed by atoms with Crippen LogP contribution in [0.1, 0.15) is 28.9 Å². The van der Waals surface area contributed by atoms with Crippen LogP contribution in [0.2, 0.25) is 0 Å². The lowest BCUT2D eigenvalue weighted by Gasteiger charge is -2.26. The van der Waals surface area contributed by atoms with Gasteiger partial charge in [0.15, 0.2) is 0 Å². The fourth-order valence-electron chi connectivity index (χ4n) is 1.52. The first-order chi connectivity index (χ1) is 7.20. The highest BCUT2D eigenvalue weighted by Crippen LogP contribution is 2.32. The van der Waals surface area contributed by atoms with E-state index in [9.17, 15) is 4.79 Å². The molecule has 82 valence electrons. The summed E-state index contributed by atoms with van der Waals surface area (Å²) in [6, 6.07) is 2.41. The monoisotopic (exact) mass is 225 g/mol. The Morgan fingerprint density at radius 2 is 2.33 bits per heavy atom. The predicted molar refractivity (Wildman–Crippen MR) is 63.4 cm³/mol. The van der Waals surface area contributed by atoms with E-state index in [4.69, 9.17) is 5.73 Å². The van der Waals surface area contributed by atoms with Crippen LogP contribution in [-0.2, 0) is 0 Å². The van der Waals surface area contributed by atoms with E-state index < -0.39 is 0 Å². The molecule has 1 aliphatic rings. The first-order valence-electron chi connectivity index (χ1n) is 5.08. The van der Waals surface area contributed by atoms with E-state index in [0.29, 0.717) is 16.6 Å². The van der Waals surface area contributed by atoms with Gasteiger partial charge in [0.25, 0.3) is 5.91 Å². The second-order valence-electron chi connectivity index (χ2n) is 3.75. The van der Waals surface area contributed by atoms with Crippen molar-refractivity contribution in [2.24, 2.45) is 0 Å². The van der Waals surface area contributed by atoms with Gasteiger partial charge in [0, 0.05) is 13.1 Å². The van der Waals surface area contributed by atoms with Crippen LogP contribution < -0.4 is 16.4 Å². The number of nitrogen functional groups attached to an aromatic ring is 1. The fraction of sp³-hybridized carbons (Fsp3) is 0.500. The van der Waals surface area contributed by atoms with Crippen LogP contribution in [-0.4, -0.2) is 19.0 Å². The van der Waals surface area contributed by atoms with Crippen LogP contribution in [0.3, 0.4) is 0 Å². The Bertz CT molecular complexity index is 371. The van der Waals surface area contributed by atoms with Crippen molar-refractivity contribution >= 4 is 27.9 Å². The SMILES string of the molecule is CNC(=O)c1sc(NC2CCC2)cc1N. The van der Waals surface area contributed by atoms with Gasteiger partial charge in [0.2, 0.25) is 0 Å². The Morgan fingerprint density at radius 3 is 2.87 bits per heavy atom. The van der Waals surface area contributed by atoms with E-state index in [1.165, 1.54) is 30.6 Å². The molecule has 1 fully saturated rings. The van der Waals surface area contributed by atoms with Gasteiger partial charge in [0.1, 0.15) is 4.88 Å². The fourth-order valence-corrected chi connectivity index (χ4v) is 2.52. The number of hydrogen-bond acceptors (Lipinski definition) is 4. The molecule has 0 aromatic carbocycles. The number of nitrogens with one attached hydrogen (secondary N) is 2. The third-order valence-corrected chi connectivity index (χ3v) is 3.73. The minimum atomic E-state index is -0.112. The first kappa shape index (κ1) is 10.3. The molecule has 1 amide bonds. The molecule has 15 heavy (non-hydrogen) atoms. The van der Waals surface area contributed by atoms with Gasteiger partial charge < -0.3 is 16.4 Å². The Kier molecular flexibility index (Phi) is 2.81. The molecule has 0 radical (unpaired) electrons. The summed E-state index contributed by atoms with van der Waals surface area (Å²) in [4.78, 5) is 12.0. The molecule has 5 heteroatoms. The first-order valence-corrected chi connectivity index (χ1v) is 5.90. The third-order valence-electron chi connectivity index (χ3n) is 2.65. The average molecular weight is 225 g/mol. The molecule has 2 rings (SSSR count). The quantitative estimate of drug-likeness (QED) is 0.732. The van der Waals surface area contributed by atoms with Crippen LogP contribution in [0.5, 0.6) is 0 Å². The molecule has 4 nitrogen and oxygen atoms in total. The normalized spacial score (nSPS) is 15.8. The van der Waals surface area contributed by atoms with Gasteiger partial charge in [-0.15, -0.1) is 11.3 Å². The van der Waals surface area contributed by atoms with Crippen molar-refractivity contribution in [2.45, 2.75) is 25.3 Å². The van der Waals surface area contributed by atoms with Gasteiger partial charge in [0.05, 0.1) is 10.7 Å². The van der Waals surface area contributed by atoms with Gasteiger partial charge in [-0.3, -0.25) is 4.79 Å². The highest BCUT2D eigenvalue weighted by molar-refractivity contribution is 7.18. The molecule has 1 heterocycles. The minimum absolute atomic E-state index is 0.112. The van der Waals surface area contributed by atoms with E-state index >= 15 is 0 Å². The number of anilines is 2. The van der Waals surface area contributed by atoms with Crippen molar-refractivity contribution in [2.75, 3.05) is 18.1 Å². The average Bonchev–Trinajstić information content (AvgIpc) is 2.52. The highest BCUT2D eigenvalue weighted by Gasteiger charge is 2.19. The molecule has 0 unspecified atom stereocenters. The minimum Gasteiger partial charge on any atom is -0.397 e. The number of nitrogens with two attached hydrogens (primary N) is 1. The standard InChI is InChI=1S/C10H15N3OS/c1-12-10(14)9-7(11)5-8(15-9)13-6-3-2-4-6/h5-6,13H,2-4,11H2,1H3,(H,12,14). The maximum Gasteiger partial charge on any atom is 0.263 e. The molecule has 4 N–H and O–H groups in total. The number of thiophene rings is 1. The Morgan fingerprint density at radius 1 is 1.60 bits per heavy atom. The maximum atomic E-state index is 11.4. The summed E-state index contributed by atoms with van der Waals surface area (Å²) in [5.41, 5.74) is 6.32. The zero-order valence-corrected chi connectivity index (χ0v) is 9.49. The van der Waals surface area contributed by atoms with Gasteiger partial charge in [-0.1, -0.05) is 0 Å². The molecule has 0 atom stereocenters. The van der Waals surface area contributed by atoms with Crippen molar-refractivity contribution in [1.29, 1.82) is 0 Å². The van der Waals surface area contributed by atoms with Gasteiger partial charge in [-0.2, -0.15) is 0 Å². The molecule has 1 saturated carbocycles. The van der Waals surface area contributed by atoms with E-state index in [0.717, 1.165) is 5.00 Å². The summed E-state index contributed by atoms with van der Waals surface area (Å²) in [6.07, 6.45) is 3.72. The van der Waals surface area contributed by atoms with Crippen molar-refractivity contribution in [3.63, 3.8) is 0 Å². The molecule has 0 bridgehead atoms. The molecule has 0 aliphatic heterocycles. The maximum absolute atomic E-state index is 11.4. The van der Waals surface area contributed by atoms with Crippen LogP contribution in [0.25, 0.3) is 0 Å². The van der Waals surface area contributed by atoms with Gasteiger partial charge in [-0.25, -0.2) is 0 Å². The molecule has 1 aliphatic carbocycles. The van der Waals surface area contributed by atoms with Crippen molar-refractivity contribution in [3.05, 3.63) is 10.9 Å². The molecular weight excluding hydrogens is 210 g/mol. The largest absolute Gasteiger partial charge is 0.397 e. The number of hydrogen-bond donors (Lipinski definition) is 3. The summed E-state index contributed by atoms with van der Waals surface area (Å²) >= 11 is 1.42. The number of rotatable bonds is 3. The van der Waals surface area contributed by atoms with Crippen molar-refractivity contribution in [3.8, 4) is 0 Å². The highest BCUT2D eigenvalue weighted by atomic mass is 32.1. The summed E-state index contributed by atoms with van der Waals surface area (Å²) in [6.45, 7) is 0. The van der Waals surface area contributed by atoms with Crippen LogP contribution in [0.4, 0.5) is 10.7 Å². The second kappa shape index (κ2) is 4.10. The summed E-state index contributed by atoms with van der Waals surface area (Å²) in [5.74, 6) is -0.112. The van der Waals surface area contributed by atoms with E-state index in [-0.39, 0.29) is 5.91 Å². The zero-order chi connectivity index (χ0) is 10.8. The van der Waals surface area contributed by atoms with Crippen molar-refractivity contribution < 1.29 is 4.79 Å². The number of carbonyl (C=O) groups excluding carboxylic acids is 1. The Labute approximate surface area is 92.9 Å². The second-order valence-corrected chi connectivity index (χ2v) is 4.80. The van der Waals surface area contributed by atoms with Crippen LogP contribution in [0, 0.1) is 0 Å². The lowest BCUT2D eigenvalue weighted by Crippen LogP contribution is -2.26. The zero-order valence-electron chi connectivity index (χ0n) is 8.67. The smallest absolute Gasteiger partial charge is 0.263 e. The van der Waals surface area contributed by atoms with E-state index in [1.807, 2.05) is 6.07 Å². The molecular formula is C10H15N3OS. The molecule has 1 aromatic rings. The summed E-state index contributed by atoms with van der Waals surface area (Å²) in [5, 5.41) is 6.95.